The van der Waals surface area contributed by atoms with Gasteiger partial charge in [-0.2, -0.15) is 0 Å². The molecule has 0 aromatic heterocycles. The number of carbonyl (C=O) groups excluding carboxylic acids is 1. The van der Waals surface area contributed by atoms with E-state index in [4.69, 9.17) is 4.74 Å². The molecular weight excluding hydrogens is 348 g/mol. The molecule has 0 spiro atoms. The average molecular weight is 365 g/mol. The molecular formula is C12H17BrN2O4S. The van der Waals surface area contributed by atoms with Crippen LogP contribution in [0.5, 0.6) is 0 Å². The molecule has 1 aromatic carbocycles. The number of anilines is 1. The number of nitrogens with zero attached hydrogens (tertiary/aromatic N) is 1. The summed E-state index contributed by atoms with van der Waals surface area (Å²) < 4.78 is 30.4. The van der Waals surface area contributed by atoms with Crippen LogP contribution in [-0.4, -0.2) is 40.5 Å². The lowest BCUT2D eigenvalue weighted by atomic mass is 10.3. The minimum atomic E-state index is -3.42. The third-order valence-corrected chi connectivity index (χ3v) is 4.10. The number of nitrogens with one attached hydrogen (secondary N) is 1. The fourth-order valence-corrected chi connectivity index (χ4v) is 2.73. The first-order valence-corrected chi connectivity index (χ1v) is 8.62. The Balaban J connectivity index is 2.72. The molecule has 0 radical (unpaired) electrons. The van der Waals surface area contributed by atoms with Crippen molar-refractivity contribution >= 4 is 37.7 Å². The van der Waals surface area contributed by atoms with E-state index in [0.717, 1.165) is 10.7 Å². The molecule has 1 rings (SSSR count). The predicted octanol–water partition coefficient (Wildman–Crippen LogP) is 1.96. The van der Waals surface area contributed by atoms with Gasteiger partial charge in [-0.25, -0.2) is 13.2 Å². The molecule has 0 unspecified atom stereocenters. The third kappa shape index (κ3) is 5.38. The van der Waals surface area contributed by atoms with Crippen LogP contribution in [0.25, 0.3) is 0 Å². The van der Waals surface area contributed by atoms with E-state index in [1.165, 1.54) is 4.31 Å². The Labute approximate surface area is 127 Å². The van der Waals surface area contributed by atoms with Crippen molar-refractivity contribution in [3.8, 4) is 0 Å². The van der Waals surface area contributed by atoms with E-state index in [1.54, 1.807) is 31.2 Å². The number of hydrogen-bond donors (Lipinski definition) is 1. The van der Waals surface area contributed by atoms with Gasteiger partial charge < -0.3 is 10.1 Å². The number of rotatable bonds is 6. The molecule has 0 aliphatic carbocycles. The molecule has 112 valence electrons. The second-order valence-electron chi connectivity index (χ2n) is 3.96. The molecule has 1 N–H and O–H groups in total. The van der Waals surface area contributed by atoms with Gasteiger partial charge in [0.25, 0.3) is 0 Å². The van der Waals surface area contributed by atoms with Crippen LogP contribution in [0.1, 0.15) is 6.92 Å². The molecule has 0 heterocycles. The van der Waals surface area contributed by atoms with Gasteiger partial charge in [0.1, 0.15) is 0 Å². The summed E-state index contributed by atoms with van der Waals surface area (Å²) in [6, 6.07) is 6.89. The Morgan fingerprint density at radius 2 is 1.95 bits per heavy atom. The highest BCUT2D eigenvalue weighted by Gasteiger charge is 2.17. The smallest absolute Gasteiger partial charge is 0.407 e. The summed E-state index contributed by atoms with van der Waals surface area (Å²) in [6.45, 7) is 2.28. The van der Waals surface area contributed by atoms with Crippen molar-refractivity contribution in [2.24, 2.45) is 0 Å². The van der Waals surface area contributed by atoms with Crippen LogP contribution < -0.4 is 9.62 Å². The summed E-state index contributed by atoms with van der Waals surface area (Å²) in [7, 11) is -3.42. The minimum absolute atomic E-state index is 0.138. The molecule has 1 amide bonds. The average Bonchev–Trinajstić information content (AvgIpc) is 2.35. The Morgan fingerprint density at radius 3 is 2.45 bits per heavy atom. The fourth-order valence-electron chi connectivity index (χ4n) is 1.54. The SMILES string of the molecule is CCOC(=O)NCCN(c1ccc(Br)cc1)S(C)(=O)=O. The lowest BCUT2D eigenvalue weighted by Crippen LogP contribution is -2.38. The summed E-state index contributed by atoms with van der Waals surface area (Å²) in [5.41, 5.74) is 0.543. The van der Waals surface area contributed by atoms with Gasteiger partial charge in [-0.05, 0) is 31.2 Å². The topological polar surface area (TPSA) is 75.7 Å². The molecule has 0 aliphatic heterocycles. The van der Waals surface area contributed by atoms with Crippen LogP contribution in [0.3, 0.4) is 0 Å². The molecule has 20 heavy (non-hydrogen) atoms. The standard InChI is InChI=1S/C12H17BrN2O4S/c1-3-19-12(16)14-8-9-15(20(2,17)18)11-6-4-10(13)5-7-11/h4-7H,3,8-9H2,1-2H3,(H,14,16). The van der Waals surface area contributed by atoms with Crippen molar-refractivity contribution in [3.05, 3.63) is 28.7 Å². The summed E-state index contributed by atoms with van der Waals surface area (Å²) in [4.78, 5) is 11.1. The van der Waals surface area contributed by atoms with Gasteiger partial charge in [0.15, 0.2) is 0 Å². The van der Waals surface area contributed by atoms with Crippen molar-refractivity contribution in [3.63, 3.8) is 0 Å². The molecule has 0 fully saturated rings. The lowest BCUT2D eigenvalue weighted by Gasteiger charge is -2.22. The van der Waals surface area contributed by atoms with Crippen LogP contribution >= 0.6 is 15.9 Å². The first-order chi connectivity index (χ1) is 9.34. The quantitative estimate of drug-likeness (QED) is 0.836. The summed E-state index contributed by atoms with van der Waals surface area (Å²) in [5, 5.41) is 2.49. The number of sulfonamides is 1. The number of alkyl carbamates (subject to hydrolysis) is 1. The number of hydrogen-bond acceptors (Lipinski definition) is 4. The van der Waals surface area contributed by atoms with E-state index >= 15 is 0 Å². The van der Waals surface area contributed by atoms with Crippen molar-refractivity contribution < 1.29 is 17.9 Å². The lowest BCUT2D eigenvalue weighted by molar-refractivity contribution is 0.152. The normalized spacial score (nSPS) is 10.9. The zero-order valence-corrected chi connectivity index (χ0v) is 13.7. The molecule has 1 aromatic rings. The highest BCUT2D eigenvalue weighted by Crippen LogP contribution is 2.20. The number of ether oxygens (including phenoxy) is 1. The monoisotopic (exact) mass is 364 g/mol. The van der Waals surface area contributed by atoms with Gasteiger partial charge in [-0.15, -0.1) is 0 Å². The Kier molecular flexibility index (Phi) is 6.28. The van der Waals surface area contributed by atoms with E-state index in [0.29, 0.717) is 5.69 Å². The molecule has 0 saturated heterocycles. The molecule has 0 saturated carbocycles. The molecule has 8 heteroatoms. The third-order valence-electron chi connectivity index (χ3n) is 2.37. The minimum Gasteiger partial charge on any atom is -0.450 e. The van der Waals surface area contributed by atoms with Crippen molar-refractivity contribution in [2.45, 2.75) is 6.92 Å². The van der Waals surface area contributed by atoms with Gasteiger partial charge in [-0.3, -0.25) is 4.31 Å². The van der Waals surface area contributed by atoms with Gasteiger partial charge in [0, 0.05) is 11.0 Å². The van der Waals surface area contributed by atoms with Gasteiger partial charge in [-0.1, -0.05) is 15.9 Å². The highest BCUT2D eigenvalue weighted by atomic mass is 79.9. The zero-order chi connectivity index (χ0) is 15.2. The Hall–Kier alpha value is -1.28. The van der Waals surface area contributed by atoms with E-state index in [9.17, 15) is 13.2 Å². The maximum absolute atomic E-state index is 11.8. The summed E-state index contributed by atoms with van der Waals surface area (Å²) in [5.74, 6) is 0. The number of halogens is 1. The van der Waals surface area contributed by atoms with Crippen molar-refractivity contribution in [2.75, 3.05) is 30.3 Å². The molecule has 0 bridgehead atoms. The highest BCUT2D eigenvalue weighted by molar-refractivity contribution is 9.10. The van der Waals surface area contributed by atoms with E-state index in [1.807, 2.05) is 0 Å². The predicted molar refractivity (Wildman–Crippen MR) is 81.4 cm³/mol. The Morgan fingerprint density at radius 1 is 1.35 bits per heavy atom. The van der Waals surface area contributed by atoms with Gasteiger partial charge in [0.05, 0.1) is 25.1 Å². The van der Waals surface area contributed by atoms with Crippen LogP contribution in [0.4, 0.5) is 10.5 Å². The van der Waals surface area contributed by atoms with Crippen LogP contribution in [0, 0.1) is 0 Å². The molecule has 6 nitrogen and oxygen atoms in total. The fraction of sp³-hybridized carbons (Fsp3) is 0.417. The maximum Gasteiger partial charge on any atom is 0.407 e. The summed E-state index contributed by atoms with van der Waals surface area (Å²) in [6.07, 6.45) is 0.566. The van der Waals surface area contributed by atoms with Crippen LogP contribution in [0.15, 0.2) is 28.7 Å². The van der Waals surface area contributed by atoms with Crippen molar-refractivity contribution in [1.82, 2.24) is 5.32 Å². The molecule has 0 atom stereocenters. The largest absolute Gasteiger partial charge is 0.450 e. The first-order valence-electron chi connectivity index (χ1n) is 5.98. The van der Waals surface area contributed by atoms with E-state index in [-0.39, 0.29) is 19.7 Å². The first kappa shape index (κ1) is 16.8. The summed E-state index contributed by atoms with van der Waals surface area (Å²) >= 11 is 3.29. The number of benzene rings is 1. The van der Waals surface area contributed by atoms with E-state index < -0.39 is 16.1 Å². The van der Waals surface area contributed by atoms with E-state index in [2.05, 4.69) is 21.2 Å². The van der Waals surface area contributed by atoms with Gasteiger partial charge >= 0.3 is 6.09 Å². The number of carbonyl (C=O) groups is 1. The second-order valence-corrected chi connectivity index (χ2v) is 6.78. The van der Waals surface area contributed by atoms with Crippen LogP contribution in [-0.2, 0) is 14.8 Å². The number of amides is 1. The maximum atomic E-state index is 11.8. The van der Waals surface area contributed by atoms with Crippen molar-refractivity contribution in [1.29, 1.82) is 0 Å². The molecule has 0 aliphatic rings. The van der Waals surface area contributed by atoms with Crippen LogP contribution in [0.2, 0.25) is 0 Å². The van der Waals surface area contributed by atoms with Gasteiger partial charge in [0.2, 0.25) is 10.0 Å². The zero-order valence-electron chi connectivity index (χ0n) is 11.3. The Bertz CT molecular complexity index is 545. The second kappa shape index (κ2) is 7.49.